The molecule has 0 N–H and O–H groups in total. The highest BCUT2D eigenvalue weighted by atomic mass is 16.2. The van der Waals surface area contributed by atoms with Crippen LogP contribution in [0.4, 0.5) is 0 Å². The van der Waals surface area contributed by atoms with Crippen molar-refractivity contribution in [2.45, 2.75) is 31.7 Å². The van der Waals surface area contributed by atoms with E-state index in [9.17, 15) is 4.79 Å². The Morgan fingerprint density at radius 2 is 1.21 bits per heavy atom. The molecule has 0 bridgehead atoms. The monoisotopic (exact) mass is 391 g/mol. The van der Waals surface area contributed by atoms with Gasteiger partial charge >= 0.3 is 0 Å². The minimum absolute atomic E-state index is 0.279. The Hall–Kier alpha value is -2.17. The van der Waals surface area contributed by atoms with Crippen molar-refractivity contribution in [3.63, 3.8) is 0 Å². The Morgan fingerprint density at radius 3 is 1.72 bits per heavy atom. The quantitative estimate of drug-likeness (QED) is 0.776. The van der Waals surface area contributed by atoms with Gasteiger partial charge in [0.15, 0.2) is 0 Å². The third kappa shape index (κ3) is 5.26. The van der Waals surface area contributed by atoms with Crippen LogP contribution < -0.4 is 0 Å². The summed E-state index contributed by atoms with van der Waals surface area (Å²) >= 11 is 0. The zero-order valence-electron chi connectivity index (χ0n) is 17.4. The Balaban J connectivity index is 1.38. The minimum atomic E-state index is 0.279. The molecule has 0 unspecified atom stereocenters. The predicted octanol–water partition coefficient (Wildman–Crippen LogP) is 3.80. The van der Waals surface area contributed by atoms with Crippen LogP contribution in [0.3, 0.4) is 0 Å². The third-order valence-corrected chi connectivity index (χ3v) is 6.32. The van der Waals surface area contributed by atoms with Crippen molar-refractivity contribution in [2.75, 3.05) is 45.8 Å². The van der Waals surface area contributed by atoms with Crippen LogP contribution in [-0.4, -0.2) is 66.4 Å². The fourth-order valence-corrected chi connectivity index (χ4v) is 4.68. The van der Waals surface area contributed by atoms with Gasteiger partial charge in [-0.1, -0.05) is 73.5 Å². The van der Waals surface area contributed by atoms with Gasteiger partial charge in [-0.15, -0.1) is 0 Å². The number of carbonyl (C=O) groups excluding carboxylic acids is 1. The summed E-state index contributed by atoms with van der Waals surface area (Å²) in [4.78, 5) is 19.8. The fourth-order valence-electron chi connectivity index (χ4n) is 4.68. The van der Waals surface area contributed by atoms with Gasteiger partial charge in [-0.05, 0) is 24.0 Å². The third-order valence-electron chi connectivity index (χ3n) is 6.32. The van der Waals surface area contributed by atoms with Crippen molar-refractivity contribution in [2.24, 2.45) is 0 Å². The average Bonchev–Trinajstić information content (AvgIpc) is 3.06. The van der Waals surface area contributed by atoms with Gasteiger partial charge in [-0.2, -0.15) is 0 Å². The number of benzene rings is 2. The first-order chi connectivity index (χ1) is 14.3. The van der Waals surface area contributed by atoms with Crippen molar-refractivity contribution in [1.82, 2.24) is 14.7 Å². The number of hydrogen-bond donors (Lipinski definition) is 0. The molecule has 2 heterocycles. The molecule has 0 atom stereocenters. The molecule has 154 valence electrons. The predicted molar refractivity (Wildman–Crippen MR) is 118 cm³/mol. The summed E-state index contributed by atoms with van der Waals surface area (Å²) in [5.74, 6) is 0.322. The topological polar surface area (TPSA) is 26.8 Å². The lowest BCUT2D eigenvalue weighted by molar-refractivity contribution is -0.132. The maximum Gasteiger partial charge on any atom is 0.236 e. The maximum absolute atomic E-state index is 12.7. The Labute approximate surface area is 175 Å². The van der Waals surface area contributed by atoms with E-state index in [-0.39, 0.29) is 6.04 Å². The van der Waals surface area contributed by atoms with Crippen LogP contribution in [0.1, 0.15) is 42.9 Å². The normalized spacial score (nSPS) is 19.3. The van der Waals surface area contributed by atoms with Gasteiger partial charge in [0.05, 0.1) is 12.6 Å². The first-order valence-corrected chi connectivity index (χ1v) is 11.2. The first kappa shape index (κ1) is 20.1. The molecule has 4 rings (SSSR count). The molecule has 2 aromatic rings. The lowest BCUT2D eigenvalue weighted by Gasteiger charge is -2.40. The second-order valence-corrected chi connectivity index (χ2v) is 8.33. The van der Waals surface area contributed by atoms with Crippen molar-refractivity contribution in [1.29, 1.82) is 0 Å². The van der Waals surface area contributed by atoms with E-state index in [2.05, 4.69) is 75.4 Å². The number of amides is 1. The average molecular weight is 392 g/mol. The number of likely N-dealkylation sites (tertiary alicyclic amines) is 1. The SMILES string of the molecule is O=C(CN1CCN(C(c2ccccc2)c2ccccc2)CC1)N1CCCCCC1. The molecule has 0 spiro atoms. The van der Waals surface area contributed by atoms with E-state index in [1.165, 1.54) is 24.0 Å². The fraction of sp³-hybridized carbons (Fsp3) is 0.480. The summed E-state index contributed by atoms with van der Waals surface area (Å²) < 4.78 is 0. The molecule has 2 fully saturated rings. The molecule has 4 heteroatoms. The van der Waals surface area contributed by atoms with Gasteiger partial charge in [0.2, 0.25) is 5.91 Å². The number of piperazine rings is 1. The molecule has 0 aliphatic carbocycles. The van der Waals surface area contributed by atoms with E-state index < -0.39 is 0 Å². The molecule has 0 saturated carbocycles. The number of hydrogen-bond acceptors (Lipinski definition) is 3. The Bertz CT molecular complexity index is 709. The van der Waals surface area contributed by atoms with Gasteiger partial charge < -0.3 is 4.90 Å². The van der Waals surface area contributed by atoms with Crippen molar-refractivity contribution in [3.8, 4) is 0 Å². The number of rotatable bonds is 5. The second-order valence-electron chi connectivity index (χ2n) is 8.33. The van der Waals surface area contributed by atoms with Crippen molar-refractivity contribution >= 4 is 5.91 Å². The molecule has 29 heavy (non-hydrogen) atoms. The summed E-state index contributed by atoms with van der Waals surface area (Å²) in [5, 5.41) is 0. The summed E-state index contributed by atoms with van der Waals surface area (Å²) in [5.41, 5.74) is 2.68. The summed E-state index contributed by atoms with van der Waals surface area (Å²) in [6.45, 7) is 6.36. The van der Waals surface area contributed by atoms with Crippen LogP contribution in [0.25, 0.3) is 0 Å². The van der Waals surface area contributed by atoms with Gasteiger partial charge in [0.1, 0.15) is 0 Å². The molecular weight excluding hydrogens is 358 g/mol. The van der Waals surface area contributed by atoms with Gasteiger partial charge in [0, 0.05) is 39.3 Å². The van der Waals surface area contributed by atoms with Crippen LogP contribution in [0, 0.1) is 0 Å². The molecule has 0 aromatic heterocycles. The number of carbonyl (C=O) groups is 1. The molecule has 2 aromatic carbocycles. The van der Waals surface area contributed by atoms with Crippen molar-refractivity contribution in [3.05, 3.63) is 71.8 Å². The largest absolute Gasteiger partial charge is 0.342 e. The Kier molecular flexibility index (Phi) is 6.96. The molecular formula is C25H33N3O. The molecule has 4 nitrogen and oxygen atoms in total. The molecule has 2 aliphatic heterocycles. The molecule has 2 aliphatic rings. The van der Waals surface area contributed by atoms with Gasteiger partial charge in [-0.25, -0.2) is 0 Å². The highest BCUT2D eigenvalue weighted by molar-refractivity contribution is 5.78. The highest BCUT2D eigenvalue weighted by Crippen LogP contribution is 2.29. The van der Waals surface area contributed by atoms with Crippen LogP contribution in [0.5, 0.6) is 0 Å². The van der Waals surface area contributed by atoms with E-state index in [1.807, 2.05) is 0 Å². The van der Waals surface area contributed by atoms with Crippen molar-refractivity contribution < 1.29 is 4.79 Å². The zero-order valence-corrected chi connectivity index (χ0v) is 17.4. The smallest absolute Gasteiger partial charge is 0.236 e. The maximum atomic E-state index is 12.7. The molecule has 1 amide bonds. The van der Waals surface area contributed by atoms with E-state index in [0.29, 0.717) is 12.5 Å². The Morgan fingerprint density at radius 1 is 0.690 bits per heavy atom. The lowest BCUT2D eigenvalue weighted by Crippen LogP contribution is -2.51. The van der Waals surface area contributed by atoms with Crippen LogP contribution in [0.2, 0.25) is 0 Å². The standard InChI is InChI=1S/C25H33N3O/c29-24(27-15-9-1-2-10-16-27)21-26-17-19-28(20-18-26)25(22-11-5-3-6-12-22)23-13-7-4-8-14-23/h3-8,11-14,25H,1-2,9-10,15-21H2. The van der Waals surface area contributed by atoms with Gasteiger partial charge in [-0.3, -0.25) is 14.6 Å². The van der Waals surface area contributed by atoms with Crippen LogP contribution in [0.15, 0.2) is 60.7 Å². The van der Waals surface area contributed by atoms with E-state index in [0.717, 1.165) is 52.1 Å². The van der Waals surface area contributed by atoms with E-state index >= 15 is 0 Å². The van der Waals surface area contributed by atoms with E-state index in [4.69, 9.17) is 0 Å². The van der Waals surface area contributed by atoms with E-state index in [1.54, 1.807) is 0 Å². The highest BCUT2D eigenvalue weighted by Gasteiger charge is 2.27. The summed E-state index contributed by atoms with van der Waals surface area (Å²) in [7, 11) is 0. The zero-order chi connectivity index (χ0) is 19.9. The van der Waals surface area contributed by atoms with Crippen LogP contribution >= 0.6 is 0 Å². The first-order valence-electron chi connectivity index (χ1n) is 11.2. The van der Waals surface area contributed by atoms with Gasteiger partial charge in [0.25, 0.3) is 0 Å². The lowest BCUT2D eigenvalue weighted by atomic mass is 9.96. The second kappa shape index (κ2) is 10.0. The van der Waals surface area contributed by atoms with Crippen LogP contribution in [-0.2, 0) is 4.79 Å². The number of nitrogens with zero attached hydrogens (tertiary/aromatic N) is 3. The summed E-state index contributed by atoms with van der Waals surface area (Å²) in [6.07, 6.45) is 4.86. The molecule has 0 radical (unpaired) electrons. The minimum Gasteiger partial charge on any atom is -0.342 e. The summed E-state index contributed by atoms with van der Waals surface area (Å²) in [6, 6.07) is 21.9. The molecule has 2 saturated heterocycles.